The Morgan fingerprint density at radius 3 is 2.79 bits per heavy atom. The predicted molar refractivity (Wildman–Crippen MR) is 56.5 cm³/mol. The van der Waals surface area contributed by atoms with E-state index < -0.39 is 12.1 Å². The predicted octanol–water partition coefficient (Wildman–Crippen LogP) is 2.87. The van der Waals surface area contributed by atoms with E-state index in [1.807, 2.05) is 0 Å². The van der Waals surface area contributed by atoms with Gasteiger partial charge in [0.2, 0.25) is 0 Å². The standard InChI is InChI=1S/C9H8BrClO3/c1-14-8(9(12)13)6-4-5(10)2-3-7(6)11/h2-4,8H,1H3,(H,12,13). The highest BCUT2D eigenvalue weighted by Gasteiger charge is 2.21. The summed E-state index contributed by atoms with van der Waals surface area (Å²) in [6, 6.07) is 4.99. The number of aliphatic carboxylic acids is 1. The number of hydrogen-bond donors (Lipinski definition) is 1. The highest BCUT2D eigenvalue weighted by molar-refractivity contribution is 9.10. The first-order valence-corrected chi connectivity index (χ1v) is 4.94. The van der Waals surface area contributed by atoms with Gasteiger partial charge >= 0.3 is 5.97 Å². The Labute approximate surface area is 94.8 Å². The molecule has 0 aliphatic carbocycles. The summed E-state index contributed by atoms with van der Waals surface area (Å²) >= 11 is 9.09. The molecular weight excluding hydrogens is 271 g/mol. The molecule has 0 bridgehead atoms. The lowest BCUT2D eigenvalue weighted by atomic mass is 10.1. The highest BCUT2D eigenvalue weighted by atomic mass is 79.9. The Kier molecular flexibility index (Phi) is 3.92. The van der Waals surface area contributed by atoms with Gasteiger partial charge in [-0.2, -0.15) is 0 Å². The summed E-state index contributed by atoms with van der Waals surface area (Å²) < 4.78 is 5.59. The van der Waals surface area contributed by atoms with Crippen LogP contribution in [0, 0.1) is 0 Å². The number of methoxy groups -OCH3 is 1. The topological polar surface area (TPSA) is 46.5 Å². The Morgan fingerprint density at radius 1 is 1.64 bits per heavy atom. The molecule has 0 aliphatic heterocycles. The SMILES string of the molecule is COC(C(=O)O)c1cc(Br)ccc1Cl. The monoisotopic (exact) mass is 278 g/mol. The average molecular weight is 280 g/mol. The number of carboxylic acids is 1. The van der Waals surface area contributed by atoms with Gasteiger partial charge in [-0.05, 0) is 18.2 Å². The number of ether oxygens (including phenoxy) is 1. The molecule has 1 unspecified atom stereocenters. The summed E-state index contributed by atoms with van der Waals surface area (Å²) in [5.74, 6) is -1.06. The molecule has 1 atom stereocenters. The fraction of sp³-hybridized carbons (Fsp3) is 0.222. The first-order chi connectivity index (χ1) is 6.56. The summed E-state index contributed by atoms with van der Waals surface area (Å²) in [7, 11) is 1.33. The molecule has 0 spiro atoms. The third-order valence-electron chi connectivity index (χ3n) is 1.70. The van der Waals surface area contributed by atoms with Gasteiger partial charge in [0.25, 0.3) is 0 Å². The molecule has 0 aliphatic rings. The van der Waals surface area contributed by atoms with Crippen LogP contribution in [0.1, 0.15) is 11.7 Å². The second-order valence-electron chi connectivity index (χ2n) is 2.62. The van der Waals surface area contributed by atoms with Gasteiger partial charge in [-0.1, -0.05) is 27.5 Å². The molecule has 0 amide bonds. The van der Waals surface area contributed by atoms with Crippen molar-refractivity contribution < 1.29 is 14.6 Å². The van der Waals surface area contributed by atoms with Crippen LogP contribution in [0.4, 0.5) is 0 Å². The fourth-order valence-corrected chi connectivity index (χ4v) is 1.67. The average Bonchev–Trinajstić information content (AvgIpc) is 2.11. The number of halogens is 2. The zero-order valence-corrected chi connectivity index (χ0v) is 9.67. The quantitative estimate of drug-likeness (QED) is 0.925. The first kappa shape index (κ1) is 11.5. The van der Waals surface area contributed by atoms with Crippen molar-refractivity contribution in [2.75, 3.05) is 7.11 Å². The molecule has 3 nitrogen and oxygen atoms in total. The van der Waals surface area contributed by atoms with Crippen LogP contribution in [-0.2, 0) is 9.53 Å². The van der Waals surface area contributed by atoms with E-state index in [4.69, 9.17) is 21.4 Å². The maximum absolute atomic E-state index is 10.8. The zero-order valence-electron chi connectivity index (χ0n) is 7.33. The normalized spacial score (nSPS) is 12.5. The number of hydrogen-bond acceptors (Lipinski definition) is 2. The summed E-state index contributed by atoms with van der Waals surface area (Å²) in [4.78, 5) is 10.8. The Bertz CT molecular complexity index is 354. The van der Waals surface area contributed by atoms with Gasteiger partial charge in [0.15, 0.2) is 6.10 Å². The molecule has 0 fully saturated rings. The molecule has 0 heterocycles. The molecule has 76 valence electrons. The van der Waals surface area contributed by atoms with Crippen molar-refractivity contribution in [2.45, 2.75) is 6.10 Å². The van der Waals surface area contributed by atoms with E-state index in [0.29, 0.717) is 10.6 Å². The van der Waals surface area contributed by atoms with Crippen molar-refractivity contribution in [3.8, 4) is 0 Å². The van der Waals surface area contributed by atoms with Gasteiger partial charge in [0.1, 0.15) is 0 Å². The van der Waals surface area contributed by atoms with Crippen molar-refractivity contribution in [1.82, 2.24) is 0 Å². The Hall–Kier alpha value is -0.580. The van der Waals surface area contributed by atoms with Gasteiger partial charge in [-0.15, -0.1) is 0 Å². The van der Waals surface area contributed by atoms with Crippen molar-refractivity contribution in [2.24, 2.45) is 0 Å². The molecule has 1 aromatic carbocycles. The van der Waals surface area contributed by atoms with E-state index in [1.54, 1.807) is 18.2 Å². The van der Waals surface area contributed by atoms with E-state index in [-0.39, 0.29) is 0 Å². The lowest BCUT2D eigenvalue weighted by Gasteiger charge is -2.12. The third kappa shape index (κ3) is 2.47. The third-order valence-corrected chi connectivity index (χ3v) is 2.54. The minimum atomic E-state index is -1.06. The summed E-state index contributed by atoms with van der Waals surface area (Å²) in [6.07, 6.45) is -1.03. The van der Waals surface area contributed by atoms with Gasteiger partial charge in [-0.25, -0.2) is 4.79 Å². The Morgan fingerprint density at radius 2 is 2.29 bits per heavy atom. The molecule has 0 aromatic heterocycles. The van der Waals surface area contributed by atoms with E-state index >= 15 is 0 Å². The van der Waals surface area contributed by atoms with Crippen LogP contribution in [0.15, 0.2) is 22.7 Å². The molecule has 1 N–H and O–H groups in total. The smallest absolute Gasteiger partial charge is 0.337 e. The van der Waals surface area contributed by atoms with Crippen LogP contribution in [0.3, 0.4) is 0 Å². The minimum Gasteiger partial charge on any atom is -0.479 e. The largest absolute Gasteiger partial charge is 0.479 e. The first-order valence-electron chi connectivity index (χ1n) is 3.77. The molecule has 0 radical (unpaired) electrons. The van der Waals surface area contributed by atoms with Crippen molar-refractivity contribution in [3.05, 3.63) is 33.3 Å². The van der Waals surface area contributed by atoms with Gasteiger partial charge < -0.3 is 9.84 Å². The summed E-state index contributed by atoms with van der Waals surface area (Å²) in [5, 5.41) is 9.22. The van der Waals surface area contributed by atoms with Crippen LogP contribution in [-0.4, -0.2) is 18.2 Å². The number of carboxylic acid groups (broad SMARTS) is 1. The van der Waals surface area contributed by atoms with E-state index in [9.17, 15) is 4.79 Å². The number of benzene rings is 1. The maximum Gasteiger partial charge on any atom is 0.337 e. The van der Waals surface area contributed by atoms with Crippen molar-refractivity contribution >= 4 is 33.5 Å². The molecule has 1 aromatic rings. The van der Waals surface area contributed by atoms with E-state index in [1.165, 1.54) is 7.11 Å². The molecule has 1 rings (SSSR count). The van der Waals surface area contributed by atoms with Crippen LogP contribution in [0.25, 0.3) is 0 Å². The van der Waals surface area contributed by atoms with E-state index in [0.717, 1.165) is 4.47 Å². The lowest BCUT2D eigenvalue weighted by Crippen LogP contribution is -2.13. The van der Waals surface area contributed by atoms with Gasteiger partial charge in [-0.3, -0.25) is 0 Å². The zero-order chi connectivity index (χ0) is 10.7. The molecule has 0 saturated heterocycles. The van der Waals surface area contributed by atoms with Gasteiger partial charge in [0, 0.05) is 22.2 Å². The van der Waals surface area contributed by atoms with Crippen LogP contribution in [0.2, 0.25) is 5.02 Å². The minimum absolute atomic E-state index is 0.377. The molecular formula is C9H8BrClO3. The van der Waals surface area contributed by atoms with Crippen LogP contribution in [0.5, 0.6) is 0 Å². The lowest BCUT2D eigenvalue weighted by molar-refractivity contribution is -0.148. The Balaban J connectivity index is 3.15. The second-order valence-corrected chi connectivity index (χ2v) is 3.94. The number of carbonyl (C=O) groups is 1. The van der Waals surface area contributed by atoms with E-state index in [2.05, 4.69) is 15.9 Å². The molecule has 5 heteroatoms. The van der Waals surface area contributed by atoms with Crippen LogP contribution >= 0.6 is 27.5 Å². The second kappa shape index (κ2) is 4.77. The summed E-state index contributed by atoms with van der Waals surface area (Å²) in [5.41, 5.74) is 0.441. The number of rotatable bonds is 3. The van der Waals surface area contributed by atoms with Crippen LogP contribution < -0.4 is 0 Å². The van der Waals surface area contributed by atoms with Gasteiger partial charge in [0.05, 0.1) is 0 Å². The van der Waals surface area contributed by atoms with Crippen molar-refractivity contribution in [1.29, 1.82) is 0 Å². The summed E-state index contributed by atoms with van der Waals surface area (Å²) in [6.45, 7) is 0. The molecule has 0 saturated carbocycles. The highest BCUT2D eigenvalue weighted by Crippen LogP contribution is 2.28. The fourth-order valence-electron chi connectivity index (χ4n) is 1.08. The molecule has 14 heavy (non-hydrogen) atoms. The maximum atomic E-state index is 10.8. The van der Waals surface area contributed by atoms with Crippen molar-refractivity contribution in [3.63, 3.8) is 0 Å².